The lowest BCUT2D eigenvalue weighted by atomic mass is 10.0. The first-order valence-electron chi connectivity index (χ1n) is 6.85. The number of hydrogen-bond acceptors (Lipinski definition) is 3. The Morgan fingerprint density at radius 2 is 2.19 bits per heavy atom. The number of likely N-dealkylation sites (tertiary alicyclic amines) is 1. The minimum absolute atomic E-state index is 0.175. The van der Waals surface area contributed by atoms with Crippen molar-refractivity contribution in [2.75, 3.05) is 6.54 Å². The van der Waals surface area contributed by atoms with Gasteiger partial charge in [-0.25, -0.2) is 0 Å². The molecule has 1 aromatic rings. The van der Waals surface area contributed by atoms with E-state index in [2.05, 4.69) is 15.9 Å². The van der Waals surface area contributed by atoms with Crippen LogP contribution in [0.3, 0.4) is 0 Å². The fourth-order valence-corrected chi connectivity index (χ4v) is 2.99. The first-order chi connectivity index (χ1) is 9.90. The molecular formula is C15H18BrNO4. The van der Waals surface area contributed by atoms with E-state index in [4.69, 9.17) is 9.84 Å². The highest BCUT2D eigenvalue weighted by molar-refractivity contribution is 9.10. The lowest BCUT2D eigenvalue weighted by Crippen LogP contribution is -2.44. The summed E-state index contributed by atoms with van der Waals surface area (Å²) in [5, 5.41) is 9.11. The lowest BCUT2D eigenvalue weighted by molar-refractivity contribution is -0.144. The maximum Gasteiger partial charge on any atom is 0.308 e. The second-order valence-electron chi connectivity index (χ2n) is 5.22. The van der Waals surface area contributed by atoms with Crippen molar-refractivity contribution in [1.29, 1.82) is 0 Å². The molecule has 1 amide bonds. The minimum Gasteiger partial charge on any atom is -0.481 e. The van der Waals surface area contributed by atoms with E-state index in [-0.39, 0.29) is 11.9 Å². The van der Waals surface area contributed by atoms with E-state index >= 15 is 0 Å². The topological polar surface area (TPSA) is 66.8 Å². The van der Waals surface area contributed by atoms with Crippen LogP contribution >= 0.6 is 15.9 Å². The molecule has 5 nitrogen and oxygen atoms in total. The van der Waals surface area contributed by atoms with Crippen LogP contribution in [0.25, 0.3) is 0 Å². The van der Waals surface area contributed by atoms with E-state index in [0.29, 0.717) is 18.7 Å². The number of amides is 1. The van der Waals surface area contributed by atoms with Crippen LogP contribution in [0.1, 0.15) is 20.3 Å². The second kappa shape index (κ2) is 6.47. The fourth-order valence-electron chi connectivity index (χ4n) is 2.61. The Bertz CT molecular complexity index is 548. The average Bonchev–Trinajstić information content (AvgIpc) is 2.79. The largest absolute Gasteiger partial charge is 0.481 e. The van der Waals surface area contributed by atoms with Gasteiger partial charge >= 0.3 is 5.97 Å². The Hall–Kier alpha value is -1.56. The molecule has 0 spiro atoms. The van der Waals surface area contributed by atoms with Gasteiger partial charge in [-0.2, -0.15) is 0 Å². The van der Waals surface area contributed by atoms with Gasteiger partial charge < -0.3 is 14.7 Å². The molecule has 114 valence electrons. The number of aliphatic carboxylic acids is 1. The quantitative estimate of drug-likeness (QED) is 0.900. The normalized spacial score (nSPS) is 22.9. The molecule has 1 fully saturated rings. The number of benzene rings is 1. The van der Waals surface area contributed by atoms with Crippen molar-refractivity contribution in [3.63, 3.8) is 0 Å². The maximum atomic E-state index is 12.4. The number of nitrogens with zero attached hydrogens (tertiary/aromatic N) is 1. The summed E-state index contributed by atoms with van der Waals surface area (Å²) in [6.45, 7) is 3.92. The summed E-state index contributed by atoms with van der Waals surface area (Å²) < 4.78 is 6.52. The molecule has 0 radical (unpaired) electrons. The van der Waals surface area contributed by atoms with Crippen LogP contribution < -0.4 is 4.74 Å². The van der Waals surface area contributed by atoms with E-state index in [9.17, 15) is 9.59 Å². The number of carboxylic acid groups (broad SMARTS) is 1. The monoisotopic (exact) mass is 355 g/mol. The van der Waals surface area contributed by atoms with Crippen LogP contribution in [0.4, 0.5) is 0 Å². The summed E-state index contributed by atoms with van der Waals surface area (Å²) in [6, 6.07) is 6.97. The van der Waals surface area contributed by atoms with E-state index in [0.717, 1.165) is 4.47 Å². The number of carboxylic acids is 1. The van der Waals surface area contributed by atoms with Crippen molar-refractivity contribution in [2.45, 2.75) is 32.4 Å². The Morgan fingerprint density at radius 1 is 1.48 bits per heavy atom. The van der Waals surface area contributed by atoms with Crippen LogP contribution in [0.2, 0.25) is 0 Å². The van der Waals surface area contributed by atoms with Crippen molar-refractivity contribution < 1.29 is 19.4 Å². The maximum absolute atomic E-state index is 12.4. The van der Waals surface area contributed by atoms with Gasteiger partial charge in [0.1, 0.15) is 5.75 Å². The van der Waals surface area contributed by atoms with Crippen LogP contribution in [-0.2, 0) is 9.59 Å². The number of halogens is 1. The van der Waals surface area contributed by atoms with Gasteiger partial charge in [-0.15, -0.1) is 0 Å². The van der Waals surface area contributed by atoms with Gasteiger partial charge in [0.05, 0.1) is 5.92 Å². The number of ether oxygens (including phenoxy) is 1. The third-order valence-electron chi connectivity index (χ3n) is 3.81. The van der Waals surface area contributed by atoms with Crippen molar-refractivity contribution in [3.05, 3.63) is 28.7 Å². The van der Waals surface area contributed by atoms with E-state index in [1.54, 1.807) is 30.9 Å². The summed E-state index contributed by atoms with van der Waals surface area (Å²) in [7, 11) is 0. The van der Waals surface area contributed by atoms with Crippen LogP contribution in [-0.4, -0.2) is 40.6 Å². The third kappa shape index (κ3) is 3.56. The highest BCUT2D eigenvalue weighted by Crippen LogP contribution is 2.26. The smallest absolute Gasteiger partial charge is 0.308 e. The Balaban J connectivity index is 2.01. The standard InChI is InChI=1S/C15H18BrNO4/c1-9-13(15(19)20)6-7-17(9)14(18)10(2)21-12-5-3-4-11(16)8-12/h3-5,8-10,13H,6-7H2,1-2H3,(H,19,20). The number of carbonyl (C=O) groups excluding carboxylic acids is 1. The van der Waals surface area contributed by atoms with E-state index < -0.39 is 18.0 Å². The molecule has 0 bridgehead atoms. The summed E-state index contributed by atoms with van der Waals surface area (Å²) >= 11 is 3.35. The first-order valence-corrected chi connectivity index (χ1v) is 7.65. The highest BCUT2D eigenvalue weighted by Gasteiger charge is 2.39. The number of rotatable bonds is 4. The van der Waals surface area contributed by atoms with Gasteiger partial charge in [0, 0.05) is 17.1 Å². The zero-order valence-electron chi connectivity index (χ0n) is 12.0. The molecular weight excluding hydrogens is 338 g/mol. The molecule has 21 heavy (non-hydrogen) atoms. The Morgan fingerprint density at radius 3 is 2.76 bits per heavy atom. The van der Waals surface area contributed by atoms with Crippen molar-refractivity contribution in [3.8, 4) is 5.75 Å². The fraction of sp³-hybridized carbons (Fsp3) is 0.467. The van der Waals surface area contributed by atoms with Gasteiger partial charge in [0.15, 0.2) is 6.10 Å². The molecule has 0 aliphatic carbocycles. The molecule has 2 rings (SSSR count). The van der Waals surface area contributed by atoms with E-state index in [1.165, 1.54) is 0 Å². The molecule has 1 aromatic carbocycles. The summed E-state index contributed by atoms with van der Waals surface area (Å²) in [6.07, 6.45) is -0.152. The van der Waals surface area contributed by atoms with Crippen molar-refractivity contribution in [1.82, 2.24) is 4.90 Å². The molecule has 1 aliphatic rings. The van der Waals surface area contributed by atoms with Crippen LogP contribution in [0.15, 0.2) is 28.7 Å². The van der Waals surface area contributed by atoms with E-state index in [1.807, 2.05) is 12.1 Å². The molecule has 1 heterocycles. The molecule has 3 atom stereocenters. The first kappa shape index (κ1) is 15.8. The SMILES string of the molecule is CC(Oc1cccc(Br)c1)C(=O)N1CCC(C(=O)O)C1C. The lowest BCUT2D eigenvalue weighted by Gasteiger charge is -2.26. The van der Waals surface area contributed by atoms with Gasteiger partial charge in [0.25, 0.3) is 5.91 Å². The predicted molar refractivity (Wildman–Crippen MR) is 81.1 cm³/mol. The predicted octanol–water partition coefficient (Wildman–Crippen LogP) is 2.54. The molecule has 0 saturated carbocycles. The second-order valence-corrected chi connectivity index (χ2v) is 6.14. The molecule has 0 aromatic heterocycles. The van der Waals surface area contributed by atoms with Gasteiger partial charge in [-0.1, -0.05) is 22.0 Å². The van der Waals surface area contributed by atoms with Crippen molar-refractivity contribution >= 4 is 27.8 Å². The zero-order valence-corrected chi connectivity index (χ0v) is 13.5. The highest BCUT2D eigenvalue weighted by atomic mass is 79.9. The van der Waals surface area contributed by atoms with Crippen molar-refractivity contribution in [2.24, 2.45) is 5.92 Å². The molecule has 3 unspecified atom stereocenters. The molecule has 1 aliphatic heterocycles. The Kier molecular flexibility index (Phi) is 4.88. The molecule has 1 N–H and O–H groups in total. The summed E-state index contributed by atoms with van der Waals surface area (Å²) in [4.78, 5) is 25.1. The van der Waals surface area contributed by atoms with Gasteiger partial charge in [0.2, 0.25) is 0 Å². The number of carbonyl (C=O) groups is 2. The number of hydrogen-bond donors (Lipinski definition) is 1. The summed E-state index contributed by atoms with van der Waals surface area (Å²) in [5.74, 6) is -0.913. The molecule has 6 heteroatoms. The zero-order chi connectivity index (χ0) is 15.6. The van der Waals surface area contributed by atoms with Crippen LogP contribution in [0, 0.1) is 5.92 Å². The minimum atomic E-state index is -0.849. The Labute approximate surface area is 132 Å². The summed E-state index contributed by atoms with van der Waals surface area (Å²) in [5.41, 5.74) is 0. The van der Waals surface area contributed by atoms with Gasteiger partial charge in [-0.3, -0.25) is 9.59 Å². The van der Waals surface area contributed by atoms with Gasteiger partial charge in [-0.05, 0) is 38.5 Å². The third-order valence-corrected chi connectivity index (χ3v) is 4.31. The molecule has 1 saturated heterocycles. The average molecular weight is 356 g/mol. The van der Waals surface area contributed by atoms with Crippen LogP contribution in [0.5, 0.6) is 5.75 Å².